The lowest BCUT2D eigenvalue weighted by atomic mass is 10.2. The summed E-state index contributed by atoms with van der Waals surface area (Å²) in [5.41, 5.74) is 0.273. The summed E-state index contributed by atoms with van der Waals surface area (Å²) in [6, 6.07) is 0. The maximum Gasteiger partial charge on any atom is 0.411 e. The number of rotatable bonds is 5. The molecule has 0 aromatic carbocycles. The van der Waals surface area contributed by atoms with E-state index in [0.717, 1.165) is 0 Å². The van der Waals surface area contributed by atoms with Gasteiger partial charge in [0.1, 0.15) is 18.4 Å². The van der Waals surface area contributed by atoms with E-state index in [-0.39, 0.29) is 5.69 Å². The molecule has 0 bridgehead atoms. The van der Waals surface area contributed by atoms with Crippen LogP contribution in [0.3, 0.4) is 0 Å². The number of hydrogen-bond donors (Lipinski definition) is 1. The molecule has 0 fully saturated rings. The van der Waals surface area contributed by atoms with Crippen LogP contribution in [0.4, 0.5) is 13.2 Å². The molecule has 0 aliphatic rings. The molecule has 17 heavy (non-hydrogen) atoms. The molecular formula is C9H13F3N2O3. The number of hydrogen-bond acceptors (Lipinski definition) is 4. The van der Waals surface area contributed by atoms with E-state index in [4.69, 9.17) is 4.74 Å². The Morgan fingerprint density at radius 1 is 1.53 bits per heavy atom. The molecule has 0 saturated heterocycles. The van der Waals surface area contributed by atoms with E-state index in [9.17, 15) is 18.3 Å². The van der Waals surface area contributed by atoms with Crippen LogP contribution in [0.15, 0.2) is 6.20 Å². The van der Waals surface area contributed by atoms with Crippen LogP contribution in [0, 0.1) is 0 Å². The molecular weight excluding hydrogens is 241 g/mol. The quantitative estimate of drug-likeness (QED) is 0.853. The normalized spacial score (nSPS) is 13.8. The topological polar surface area (TPSA) is 56.5 Å². The van der Waals surface area contributed by atoms with Crippen molar-refractivity contribution in [1.82, 2.24) is 9.78 Å². The van der Waals surface area contributed by atoms with Crippen molar-refractivity contribution in [3.63, 3.8) is 0 Å². The lowest BCUT2D eigenvalue weighted by molar-refractivity contribution is -0.179. The van der Waals surface area contributed by atoms with E-state index < -0.39 is 25.5 Å². The molecule has 1 N–H and O–H groups in total. The van der Waals surface area contributed by atoms with Crippen molar-refractivity contribution < 1.29 is 27.8 Å². The predicted molar refractivity (Wildman–Crippen MR) is 51.6 cm³/mol. The Morgan fingerprint density at radius 2 is 2.18 bits per heavy atom. The van der Waals surface area contributed by atoms with Gasteiger partial charge in [0, 0.05) is 7.05 Å². The number of nitrogens with zero attached hydrogens (tertiary/aromatic N) is 2. The van der Waals surface area contributed by atoms with Crippen molar-refractivity contribution >= 4 is 0 Å². The summed E-state index contributed by atoms with van der Waals surface area (Å²) in [5, 5.41) is 13.5. The highest BCUT2D eigenvalue weighted by Crippen LogP contribution is 2.24. The van der Waals surface area contributed by atoms with E-state index in [2.05, 4.69) is 9.84 Å². The number of aromatic nitrogens is 2. The standard InChI is InChI=1S/C9H13F3N2O3/c1-14-8(7(16-2)3-13-14)6(15)4-17-5-9(10,11)12/h3,6,15H,4-5H2,1-2H3. The van der Waals surface area contributed by atoms with Crippen LogP contribution in [0.25, 0.3) is 0 Å². The number of aliphatic hydroxyl groups excluding tert-OH is 1. The molecule has 0 amide bonds. The molecule has 1 aromatic heterocycles. The fourth-order valence-electron chi connectivity index (χ4n) is 1.33. The Kier molecular flexibility index (Phi) is 4.35. The maximum absolute atomic E-state index is 11.8. The smallest absolute Gasteiger partial charge is 0.411 e. The Morgan fingerprint density at radius 3 is 2.71 bits per heavy atom. The first kappa shape index (κ1) is 13.8. The van der Waals surface area contributed by atoms with Gasteiger partial charge in [0.15, 0.2) is 5.75 Å². The zero-order valence-corrected chi connectivity index (χ0v) is 9.36. The molecule has 1 unspecified atom stereocenters. The van der Waals surface area contributed by atoms with Crippen molar-refractivity contribution in [2.45, 2.75) is 12.3 Å². The largest absolute Gasteiger partial charge is 0.493 e. The second kappa shape index (κ2) is 5.37. The van der Waals surface area contributed by atoms with Gasteiger partial charge in [-0.05, 0) is 0 Å². The Labute approximate surface area is 95.7 Å². The first-order valence-electron chi connectivity index (χ1n) is 4.73. The first-order valence-corrected chi connectivity index (χ1v) is 4.73. The van der Waals surface area contributed by atoms with Gasteiger partial charge in [-0.3, -0.25) is 4.68 Å². The molecule has 1 aromatic rings. The summed E-state index contributed by atoms with van der Waals surface area (Å²) in [7, 11) is 2.93. The SMILES string of the molecule is COc1cnn(C)c1C(O)COCC(F)(F)F. The fourth-order valence-corrected chi connectivity index (χ4v) is 1.33. The highest BCUT2D eigenvalue weighted by Gasteiger charge is 2.28. The molecule has 98 valence electrons. The van der Waals surface area contributed by atoms with Crippen LogP contribution in [-0.4, -0.2) is 41.4 Å². The summed E-state index contributed by atoms with van der Waals surface area (Å²) in [6.45, 7) is -1.88. The minimum absolute atomic E-state index is 0.273. The Bertz CT molecular complexity index is 365. The van der Waals surface area contributed by atoms with Crippen LogP contribution in [0.1, 0.15) is 11.8 Å². The lowest BCUT2D eigenvalue weighted by Gasteiger charge is -2.14. The molecule has 8 heteroatoms. The van der Waals surface area contributed by atoms with Crippen molar-refractivity contribution in [3.05, 3.63) is 11.9 Å². The molecule has 0 saturated carbocycles. The Hall–Kier alpha value is -1.28. The van der Waals surface area contributed by atoms with Gasteiger partial charge in [0.2, 0.25) is 0 Å². The minimum Gasteiger partial charge on any atom is -0.493 e. The third-order valence-corrected chi connectivity index (χ3v) is 2.03. The van der Waals surface area contributed by atoms with Crippen molar-refractivity contribution in [2.75, 3.05) is 20.3 Å². The number of methoxy groups -OCH3 is 1. The summed E-state index contributed by atoms with van der Waals surface area (Å²) in [4.78, 5) is 0. The average molecular weight is 254 g/mol. The van der Waals surface area contributed by atoms with Crippen LogP contribution < -0.4 is 4.74 Å². The summed E-state index contributed by atoms with van der Waals surface area (Å²) >= 11 is 0. The summed E-state index contributed by atoms with van der Waals surface area (Å²) in [6.07, 6.45) is -4.27. The molecule has 5 nitrogen and oxygen atoms in total. The van der Waals surface area contributed by atoms with Crippen LogP contribution in [0.2, 0.25) is 0 Å². The zero-order valence-electron chi connectivity index (χ0n) is 9.36. The molecule has 0 aliphatic heterocycles. The van der Waals surface area contributed by atoms with E-state index in [1.165, 1.54) is 18.0 Å². The lowest BCUT2D eigenvalue weighted by Crippen LogP contribution is -2.20. The minimum atomic E-state index is -4.41. The van der Waals surface area contributed by atoms with E-state index >= 15 is 0 Å². The fraction of sp³-hybridized carbons (Fsp3) is 0.667. The average Bonchev–Trinajstić information content (AvgIpc) is 2.57. The van der Waals surface area contributed by atoms with Gasteiger partial charge < -0.3 is 14.6 Å². The second-order valence-corrected chi connectivity index (χ2v) is 3.37. The van der Waals surface area contributed by atoms with Crippen molar-refractivity contribution in [2.24, 2.45) is 7.05 Å². The van der Waals surface area contributed by atoms with Crippen LogP contribution in [0.5, 0.6) is 5.75 Å². The number of ether oxygens (including phenoxy) is 2. The molecule has 0 spiro atoms. The van der Waals surface area contributed by atoms with Crippen molar-refractivity contribution in [1.29, 1.82) is 0 Å². The van der Waals surface area contributed by atoms with Gasteiger partial charge in [0.05, 0.1) is 19.9 Å². The summed E-state index contributed by atoms with van der Waals surface area (Å²) in [5.74, 6) is 0.301. The van der Waals surface area contributed by atoms with Gasteiger partial charge in [0.25, 0.3) is 0 Å². The molecule has 1 heterocycles. The maximum atomic E-state index is 11.8. The van der Waals surface area contributed by atoms with Gasteiger partial charge in [-0.15, -0.1) is 0 Å². The van der Waals surface area contributed by atoms with Crippen LogP contribution >= 0.6 is 0 Å². The van der Waals surface area contributed by atoms with Gasteiger partial charge in [-0.2, -0.15) is 18.3 Å². The number of aryl methyl sites for hydroxylation is 1. The summed E-state index contributed by atoms with van der Waals surface area (Å²) < 4.78 is 46.1. The third-order valence-electron chi connectivity index (χ3n) is 2.03. The number of aliphatic hydroxyl groups is 1. The van der Waals surface area contributed by atoms with Crippen molar-refractivity contribution in [3.8, 4) is 5.75 Å². The first-order chi connectivity index (χ1) is 7.85. The van der Waals surface area contributed by atoms with Gasteiger partial charge in [-0.25, -0.2) is 0 Å². The highest BCUT2D eigenvalue weighted by atomic mass is 19.4. The predicted octanol–water partition coefficient (Wildman–Crippen LogP) is 1.04. The number of alkyl halides is 3. The number of halogens is 3. The van der Waals surface area contributed by atoms with Gasteiger partial charge in [-0.1, -0.05) is 0 Å². The highest BCUT2D eigenvalue weighted by molar-refractivity contribution is 5.26. The third kappa shape index (κ3) is 3.90. The Balaban J connectivity index is 2.57. The monoisotopic (exact) mass is 254 g/mol. The van der Waals surface area contributed by atoms with E-state index in [0.29, 0.717) is 5.75 Å². The zero-order chi connectivity index (χ0) is 13.1. The molecule has 0 aliphatic carbocycles. The van der Waals surface area contributed by atoms with E-state index in [1.807, 2.05) is 0 Å². The van der Waals surface area contributed by atoms with Crippen LogP contribution in [-0.2, 0) is 11.8 Å². The van der Waals surface area contributed by atoms with Gasteiger partial charge >= 0.3 is 6.18 Å². The molecule has 1 atom stereocenters. The second-order valence-electron chi connectivity index (χ2n) is 3.37. The molecule has 1 rings (SSSR count). The van der Waals surface area contributed by atoms with E-state index in [1.54, 1.807) is 7.05 Å². The molecule has 0 radical (unpaired) electrons.